The average molecular weight is 244 g/mol. The van der Waals surface area contributed by atoms with Crippen molar-refractivity contribution >= 4 is 21.6 Å². The average Bonchev–Trinajstić information content (AvgIpc) is 2.17. The number of ether oxygens (including phenoxy) is 1. The number of anilines is 1. The molecule has 2 nitrogen and oxygen atoms in total. The van der Waals surface area contributed by atoms with E-state index < -0.39 is 0 Å². The molecule has 0 N–H and O–H groups in total. The van der Waals surface area contributed by atoms with Gasteiger partial charge in [0, 0.05) is 25.3 Å². The summed E-state index contributed by atoms with van der Waals surface area (Å²) in [5, 5.41) is 0. The van der Waals surface area contributed by atoms with Crippen LogP contribution in [0.3, 0.4) is 0 Å². The fraction of sp³-hybridized carbons (Fsp3) is 0.400. The minimum absolute atomic E-state index is 0.873. The molecule has 0 aliphatic heterocycles. The van der Waals surface area contributed by atoms with Gasteiger partial charge in [0.05, 0.1) is 11.6 Å². The SMILES string of the molecule is CCN(C)c1ccc(Br)c(OC)c1. The van der Waals surface area contributed by atoms with Crippen LogP contribution in [0.1, 0.15) is 6.92 Å². The Labute approximate surface area is 87.6 Å². The van der Waals surface area contributed by atoms with Crippen LogP contribution in [0.2, 0.25) is 0 Å². The van der Waals surface area contributed by atoms with Crippen molar-refractivity contribution in [2.75, 3.05) is 25.6 Å². The summed E-state index contributed by atoms with van der Waals surface area (Å²) in [7, 11) is 3.73. The molecule has 72 valence electrons. The molecule has 1 aromatic rings. The molecule has 0 fully saturated rings. The summed E-state index contributed by atoms with van der Waals surface area (Å²) in [6, 6.07) is 6.09. The summed E-state index contributed by atoms with van der Waals surface area (Å²) < 4.78 is 6.20. The Kier molecular flexibility index (Phi) is 3.60. The van der Waals surface area contributed by atoms with Crippen LogP contribution in [0.4, 0.5) is 5.69 Å². The molecule has 1 aromatic carbocycles. The molecule has 0 spiro atoms. The van der Waals surface area contributed by atoms with Gasteiger partial charge in [-0.2, -0.15) is 0 Å². The summed E-state index contributed by atoms with van der Waals surface area (Å²) in [4.78, 5) is 2.16. The Balaban J connectivity index is 2.99. The first kappa shape index (κ1) is 10.4. The van der Waals surface area contributed by atoms with E-state index in [1.165, 1.54) is 5.69 Å². The second-order valence-corrected chi connectivity index (χ2v) is 3.69. The van der Waals surface area contributed by atoms with E-state index in [-0.39, 0.29) is 0 Å². The van der Waals surface area contributed by atoms with Gasteiger partial charge in [-0.25, -0.2) is 0 Å². The lowest BCUT2D eigenvalue weighted by atomic mass is 10.3. The minimum Gasteiger partial charge on any atom is -0.495 e. The van der Waals surface area contributed by atoms with Gasteiger partial charge >= 0.3 is 0 Å². The number of nitrogens with zero attached hydrogens (tertiary/aromatic N) is 1. The molecule has 0 aromatic heterocycles. The third kappa shape index (κ3) is 2.37. The number of halogens is 1. The molecular weight excluding hydrogens is 230 g/mol. The number of hydrogen-bond donors (Lipinski definition) is 0. The van der Waals surface area contributed by atoms with Gasteiger partial charge in [0.1, 0.15) is 5.75 Å². The van der Waals surface area contributed by atoms with E-state index in [0.717, 1.165) is 16.8 Å². The smallest absolute Gasteiger partial charge is 0.135 e. The molecule has 0 saturated heterocycles. The quantitative estimate of drug-likeness (QED) is 0.810. The van der Waals surface area contributed by atoms with Crippen molar-refractivity contribution < 1.29 is 4.74 Å². The monoisotopic (exact) mass is 243 g/mol. The Bertz CT molecular complexity index is 288. The number of methoxy groups -OCH3 is 1. The highest BCUT2D eigenvalue weighted by Crippen LogP contribution is 2.28. The summed E-state index contributed by atoms with van der Waals surface area (Å²) in [5.74, 6) is 0.873. The molecule has 0 heterocycles. The molecule has 13 heavy (non-hydrogen) atoms. The van der Waals surface area contributed by atoms with Crippen molar-refractivity contribution in [3.8, 4) is 5.75 Å². The van der Waals surface area contributed by atoms with Gasteiger partial charge in [-0.05, 0) is 35.0 Å². The fourth-order valence-corrected chi connectivity index (χ4v) is 1.48. The van der Waals surface area contributed by atoms with Crippen LogP contribution in [-0.2, 0) is 0 Å². The second-order valence-electron chi connectivity index (χ2n) is 2.83. The van der Waals surface area contributed by atoms with Gasteiger partial charge in [-0.15, -0.1) is 0 Å². The standard InChI is InChI=1S/C10H14BrNO/c1-4-12(2)8-5-6-9(11)10(7-8)13-3/h5-7H,4H2,1-3H3. The van der Waals surface area contributed by atoms with Crippen LogP contribution in [-0.4, -0.2) is 20.7 Å². The maximum absolute atomic E-state index is 5.21. The number of rotatable bonds is 3. The van der Waals surface area contributed by atoms with Crippen LogP contribution in [0.15, 0.2) is 22.7 Å². The Morgan fingerprint density at radius 1 is 1.46 bits per heavy atom. The molecule has 0 bridgehead atoms. The maximum atomic E-state index is 5.21. The third-order valence-corrected chi connectivity index (χ3v) is 2.70. The van der Waals surface area contributed by atoms with Crippen LogP contribution >= 0.6 is 15.9 Å². The highest BCUT2D eigenvalue weighted by molar-refractivity contribution is 9.10. The van der Waals surface area contributed by atoms with E-state index in [4.69, 9.17) is 4.74 Å². The van der Waals surface area contributed by atoms with E-state index in [1.807, 2.05) is 12.1 Å². The first-order valence-corrected chi connectivity index (χ1v) is 5.03. The maximum Gasteiger partial charge on any atom is 0.135 e. The van der Waals surface area contributed by atoms with Gasteiger partial charge < -0.3 is 9.64 Å². The van der Waals surface area contributed by atoms with Crippen molar-refractivity contribution in [2.45, 2.75) is 6.92 Å². The summed E-state index contributed by atoms with van der Waals surface area (Å²) in [6.45, 7) is 3.11. The van der Waals surface area contributed by atoms with E-state index in [9.17, 15) is 0 Å². The largest absolute Gasteiger partial charge is 0.495 e. The predicted octanol–water partition coefficient (Wildman–Crippen LogP) is 2.91. The molecule has 0 aliphatic carbocycles. The van der Waals surface area contributed by atoms with Gasteiger partial charge in [0.15, 0.2) is 0 Å². The lowest BCUT2D eigenvalue weighted by Gasteiger charge is -2.17. The van der Waals surface area contributed by atoms with Crippen LogP contribution in [0.5, 0.6) is 5.75 Å². The minimum atomic E-state index is 0.873. The summed E-state index contributed by atoms with van der Waals surface area (Å²) in [5.41, 5.74) is 1.17. The van der Waals surface area contributed by atoms with Crippen LogP contribution < -0.4 is 9.64 Å². The summed E-state index contributed by atoms with van der Waals surface area (Å²) in [6.07, 6.45) is 0. The van der Waals surface area contributed by atoms with Gasteiger partial charge in [-0.1, -0.05) is 0 Å². The zero-order valence-corrected chi connectivity index (χ0v) is 9.76. The highest BCUT2D eigenvalue weighted by atomic mass is 79.9. The van der Waals surface area contributed by atoms with Crippen molar-refractivity contribution in [3.05, 3.63) is 22.7 Å². The summed E-state index contributed by atoms with van der Waals surface area (Å²) >= 11 is 3.42. The zero-order chi connectivity index (χ0) is 9.84. The lowest BCUT2D eigenvalue weighted by Crippen LogP contribution is -2.15. The van der Waals surface area contributed by atoms with E-state index in [0.29, 0.717) is 0 Å². The van der Waals surface area contributed by atoms with Crippen molar-refractivity contribution in [3.63, 3.8) is 0 Å². The van der Waals surface area contributed by atoms with Crippen molar-refractivity contribution in [1.29, 1.82) is 0 Å². The molecule has 1 rings (SSSR count). The Hall–Kier alpha value is -0.700. The molecule has 0 unspecified atom stereocenters. The molecule has 0 amide bonds. The molecule has 3 heteroatoms. The molecule has 0 atom stereocenters. The van der Waals surface area contributed by atoms with E-state index in [1.54, 1.807) is 7.11 Å². The first-order valence-electron chi connectivity index (χ1n) is 4.23. The Morgan fingerprint density at radius 3 is 2.69 bits per heavy atom. The van der Waals surface area contributed by atoms with E-state index in [2.05, 4.69) is 40.9 Å². The second kappa shape index (κ2) is 4.51. The number of benzene rings is 1. The van der Waals surface area contributed by atoms with Crippen molar-refractivity contribution in [1.82, 2.24) is 0 Å². The van der Waals surface area contributed by atoms with Gasteiger partial charge in [-0.3, -0.25) is 0 Å². The van der Waals surface area contributed by atoms with Gasteiger partial charge in [0.2, 0.25) is 0 Å². The van der Waals surface area contributed by atoms with Gasteiger partial charge in [0.25, 0.3) is 0 Å². The molecule has 0 radical (unpaired) electrons. The topological polar surface area (TPSA) is 12.5 Å². The first-order chi connectivity index (χ1) is 6.19. The predicted molar refractivity (Wildman–Crippen MR) is 59.6 cm³/mol. The third-order valence-electron chi connectivity index (χ3n) is 2.05. The molecule has 0 saturated carbocycles. The fourth-order valence-electron chi connectivity index (χ4n) is 1.07. The molecular formula is C10H14BrNO. The van der Waals surface area contributed by atoms with Crippen molar-refractivity contribution in [2.24, 2.45) is 0 Å². The number of hydrogen-bond acceptors (Lipinski definition) is 2. The normalized spacial score (nSPS) is 9.85. The van der Waals surface area contributed by atoms with E-state index >= 15 is 0 Å². The Morgan fingerprint density at radius 2 is 2.15 bits per heavy atom. The highest BCUT2D eigenvalue weighted by Gasteiger charge is 2.03. The molecule has 0 aliphatic rings. The zero-order valence-electron chi connectivity index (χ0n) is 8.17. The van der Waals surface area contributed by atoms with Crippen LogP contribution in [0, 0.1) is 0 Å². The van der Waals surface area contributed by atoms with Crippen LogP contribution in [0.25, 0.3) is 0 Å². The lowest BCUT2D eigenvalue weighted by molar-refractivity contribution is 0.412.